The summed E-state index contributed by atoms with van der Waals surface area (Å²) in [5.74, 6) is -0.471. The highest BCUT2D eigenvalue weighted by atomic mass is 16.2. The van der Waals surface area contributed by atoms with E-state index in [2.05, 4.69) is 41.7 Å². The molecule has 4 amide bonds. The molecule has 2 aliphatic heterocycles. The van der Waals surface area contributed by atoms with Crippen molar-refractivity contribution in [2.24, 2.45) is 0 Å². The van der Waals surface area contributed by atoms with Gasteiger partial charge in [-0.3, -0.25) is 9.59 Å². The van der Waals surface area contributed by atoms with Gasteiger partial charge in [-0.15, -0.1) is 0 Å². The zero-order chi connectivity index (χ0) is 37.4. The van der Waals surface area contributed by atoms with E-state index in [9.17, 15) is 14.4 Å². The van der Waals surface area contributed by atoms with Crippen molar-refractivity contribution < 1.29 is 14.4 Å². The zero-order valence-electron chi connectivity index (χ0n) is 31.2. The van der Waals surface area contributed by atoms with E-state index in [0.29, 0.717) is 33.9 Å². The van der Waals surface area contributed by atoms with Crippen LogP contribution in [0.3, 0.4) is 0 Å². The molecule has 6 N–H and O–H groups in total. The topological polar surface area (TPSA) is 130 Å². The summed E-state index contributed by atoms with van der Waals surface area (Å²) in [7, 11) is 0. The minimum absolute atomic E-state index is 0.235. The van der Waals surface area contributed by atoms with Gasteiger partial charge >= 0.3 is 6.03 Å². The first kappa shape index (κ1) is 38.3. The van der Waals surface area contributed by atoms with E-state index >= 15 is 0 Å². The molecule has 2 fully saturated rings. The molecule has 0 bridgehead atoms. The SMILES string of the molecule is O=C(Nc1ccc(C(=O)Nc2ccc(NCCCCN3CCCC3)cc2)cc1)Nc1ccc(C(=O)Nc2ccc(NCCCCN3CCCC3)cc2)cc1. The molecule has 0 unspecified atom stereocenters. The Balaban J connectivity index is 0.866. The number of rotatable bonds is 18. The Kier molecular flexibility index (Phi) is 14.3. The standard InChI is InChI=1S/C43H54N8O3/c52-41(46-37-21-17-35(18-22-37)44-25-1-3-27-50-29-5-6-30-50)33-9-13-39(14-10-33)48-43(54)49-40-15-11-34(12-16-40)42(53)47-38-23-19-36(20-24-38)45-26-2-4-28-51-31-7-8-32-51/h9-24,44-45H,1-8,25-32H2,(H,46,52)(H,47,53)(H2,48,49,54). The van der Waals surface area contributed by atoms with Crippen LogP contribution in [-0.4, -0.2) is 80.0 Å². The molecule has 0 aromatic heterocycles. The number of carbonyl (C=O) groups excluding carboxylic acids is 3. The summed E-state index contributed by atoms with van der Waals surface area (Å²) >= 11 is 0. The molecule has 6 rings (SSSR count). The Morgan fingerprint density at radius 3 is 1.09 bits per heavy atom. The second kappa shape index (κ2) is 20.2. The maximum Gasteiger partial charge on any atom is 0.323 e. The molecule has 2 aliphatic rings. The number of benzene rings is 4. The Morgan fingerprint density at radius 2 is 0.722 bits per heavy atom. The monoisotopic (exact) mass is 730 g/mol. The van der Waals surface area contributed by atoms with Gasteiger partial charge in [0.15, 0.2) is 0 Å². The number of carbonyl (C=O) groups is 3. The fourth-order valence-corrected chi connectivity index (χ4v) is 6.85. The highest BCUT2D eigenvalue weighted by molar-refractivity contribution is 6.06. The number of unbranched alkanes of at least 4 members (excludes halogenated alkanes) is 2. The number of hydrogen-bond acceptors (Lipinski definition) is 7. The van der Waals surface area contributed by atoms with E-state index < -0.39 is 6.03 Å². The van der Waals surface area contributed by atoms with E-state index in [1.165, 1.54) is 77.8 Å². The molecule has 2 saturated heterocycles. The average Bonchev–Trinajstić information content (AvgIpc) is 3.92. The second-order valence-electron chi connectivity index (χ2n) is 14.2. The van der Waals surface area contributed by atoms with Crippen molar-refractivity contribution in [2.75, 3.05) is 84.3 Å². The van der Waals surface area contributed by atoms with Crippen LogP contribution in [0.5, 0.6) is 0 Å². The fraction of sp³-hybridized carbons (Fsp3) is 0.372. The second-order valence-corrected chi connectivity index (χ2v) is 14.2. The average molecular weight is 731 g/mol. The van der Waals surface area contributed by atoms with Crippen molar-refractivity contribution in [3.8, 4) is 0 Å². The Labute approximate surface area is 319 Å². The third-order valence-corrected chi connectivity index (χ3v) is 9.95. The normalized spacial score (nSPS) is 14.4. The quantitative estimate of drug-likeness (QED) is 0.0567. The van der Waals surface area contributed by atoms with Gasteiger partial charge in [-0.25, -0.2) is 4.79 Å². The molecule has 0 aliphatic carbocycles. The molecule has 54 heavy (non-hydrogen) atoms. The maximum atomic E-state index is 12.8. The van der Waals surface area contributed by atoms with Crippen molar-refractivity contribution in [3.05, 3.63) is 108 Å². The summed E-state index contributed by atoms with van der Waals surface area (Å²) in [6.45, 7) is 9.20. The molecule has 0 spiro atoms. The van der Waals surface area contributed by atoms with Gasteiger partial charge in [0.2, 0.25) is 0 Å². The van der Waals surface area contributed by atoms with E-state index in [1.54, 1.807) is 48.5 Å². The van der Waals surface area contributed by atoms with Crippen LogP contribution in [0.1, 0.15) is 72.1 Å². The summed E-state index contributed by atoms with van der Waals surface area (Å²) in [6, 6.07) is 28.4. The zero-order valence-corrected chi connectivity index (χ0v) is 31.2. The minimum atomic E-state index is -0.440. The Hall–Kier alpha value is -5.39. The van der Waals surface area contributed by atoms with E-state index in [1.807, 2.05) is 48.5 Å². The highest BCUT2D eigenvalue weighted by Crippen LogP contribution is 2.19. The third-order valence-electron chi connectivity index (χ3n) is 9.95. The summed E-state index contributed by atoms with van der Waals surface area (Å²) in [5.41, 5.74) is 5.50. The van der Waals surface area contributed by atoms with Gasteiger partial charge in [0.25, 0.3) is 11.8 Å². The lowest BCUT2D eigenvalue weighted by Crippen LogP contribution is -2.20. The number of nitrogens with zero attached hydrogens (tertiary/aromatic N) is 2. The number of amides is 4. The van der Waals surface area contributed by atoms with Gasteiger partial charge in [-0.2, -0.15) is 0 Å². The van der Waals surface area contributed by atoms with Crippen LogP contribution in [0, 0.1) is 0 Å². The number of urea groups is 1. The molecule has 0 atom stereocenters. The van der Waals surface area contributed by atoms with Gasteiger partial charge in [-0.05, 0) is 188 Å². The van der Waals surface area contributed by atoms with Gasteiger partial charge in [0, 0.05) is 58.3 Å². The van der Waals surface area contributed by atoms with Crippen LogP contribution in [0.15, 0.2) is 97.1 Å². The molecule has 0 saturated carbocycles. The van der Waals surface area contributed by atoms with Crippen LogP contribution in [0.25, 0.3) is 0 Å². The van der Waals surface area contributed by atoms with Crippen molar-refractivity contribution in [2.45, 2.75) is 51.4 Å². The van der Waals surface area contributed by atoms with E-state index in [0.717, 1.165) is 37.3 Å². The molecule has 11 nitrogen and oxygen atoms in total. The Morgan fingerprint density at radius 1 is 0.407 bits per heavy atom. The lowest BCUT2D eigenvalue weighted by molar-refractivity contribution is 0.101. The van der Waals surface area contributed by atoms with Crippen molar-refractivity contribution in [3.63, 3.8) is 0 Å². The fourth-order valence-electron chi connectivity index (χ4n) is 6.85. The molecule has 284 valence electrons. The van der Waals surface area contributed by atoms with Crippen molar-refractivity contribution >= 4 is 52.0 Å². The van der Waals surface area contributed by atoms with E-state index in [4.69, 9.17) is 0 Å². The molecule has 4 aromatic carbocycles. The predicted molar refractivity (Wildman–Crippen MR) is 221 cm³/mol. The molecule has 11 heteroatoms. The van der Waals surface area contributed by atoms with Crippen LogP contribution in [-0.2, 0) is 0 Å². The number of anilines is 6. The number of likely N-dealkylation sites (tertiary alicyclic amines) is 2. The molecule has 4 aromatic rings. The number of hydrogen-bond donors (Lipinski definition) is 6. The summed E-state index contributed by atoms with van der Waals surface area (Å²) in [6.07, 6.45) is 9.98. The first-order chi connectivity index (χ1) is 26.5. The first-order valence-corrected chi connectivity index (χ1v) is 19.5. The Bertz CT molecular complexity index is 1640. The molecule has 0 radical (unpaired) electrons. The summed E-state index contributed by atoms with van der Waals surface area (Å²) in [4.78, 5) is 43.4. The third kappa shape index (κ3) is 12.3. The molecular weight excluding hydrogens is 677 g/mol. The van der Waals surface area contributed by atoms with Crippen LogP contribution in [0.4, 0.5) is 38.9 Å². The van der Waals surface area contributed by atoms with Crippen LogP contribution >= 0.6 is 0 Å². The molecular formula is C43H54N8O3. The summed E-state index contributed by atoms with van der Waals surface area (Å²) in [5, 5.41) is 18.3. The minimum Gasteiger partial charge on any atom is -0.385 e. The summed E-state index contributed by atoms with van der Waals surface area (Å²) < 4.78 is 0. The largest absolute Gasteiger partial charge is 0.385 e. The van der Waals surface area contributed by atoms with Gasteiger partial charge in [0.1, 0.15) is 0 Å². The maximum absolute atomic E-state index is 12.8. The van der Waals surface area contributed by atoms with Crippen LogP contribution in [0.2, 0.25) is 0 Å². The van der Waals surface area contributed by atoms with Gasteiger partial charge in [0.05, 0.1) is 0 Å². The molecule has 2 heterocycles. The lowest BCUT2D eigenvalue weighted by Gasteiger charge is -2.14. The van der Waals surface area contributed by atoms with Crippen molar-refractivity contribution in [1.29, 1.82) is 0 Å². The smallest absolute Gasteiger partial charge is 0.323 e. The highest BCUT2D eigenvalue weighted by Gasteiger charge is 2.12. The van der Waals surface area contributed by atoms with E-state index in [-0.39, 0.29) is 11.8 Å². The van der Waals surface area contributed by atoms with Crippen molar-refractivity contribution in [1.82, 2.24) is 9.80 Å². The van der Waals surface area contributed by atoms with Gasteiger partial charge in [-0.1, -0.05) is 0 Å². The number of nitrogens with one attached hydrogen (secondary N) is 6. The predicted octanol–water partition coefficient (Wildman–Crippen LogP) is 8.41. The van der Waals surface area contributed by atoms with Crippen LogP contribution < -0.4 is 31.9 Å². The first-order valence-electron chi connectivity index (χ1n) is 19.5. The lowest BCUT2D eigenvalue weighted by atomic mass is 10.2. The van der Waals surface area contributed by atoms with Gasteiger partial charge < -0.3 is 41.7 Å².